The van der Waals surface area contributed by atoms with Gasteiger partial charge >= 0.3 is 0 Å². The van der Waals surface area contributed by atoms with Crippen molar-refractivity contribution in [2.75, 3.05) is 30.9 Å². The van der Waals surface area contributed by atoms with Crippen LogP contribution in [0.25, 0.3) is 0 Å². The van der Waals surface area contributed by atoms with E-state index in [1.807, 2.05) is 29.2 Å². The first-order valence-corrected chi connectivity index (χ1v) is 11.5. The van der Waals surface area contributed by atoms with Gasteiger partial charge < -0.3 is 20.3 Å². The minimum Gasteiger partial charge on any atom is -0.383 e. The third-order valence-corrected chi connectivity index (χ3v) is 6.80. The molecule has 4 rings (SSSR count). The smallest absolute Gasteiger partial charge is 0.254 e. The third kappa shape index (κ3) is 4.50. The van der Waals surface area contributed by atoms with E-state index in [0.29, 0.717) is 30.1 Å². The summed E-state index contributed by atoms with van der Waals surface area (Å²) in [6.07, 6.45) is 4.64. The molecule has 1 aliphatic carbocycles. The number of nitrogens with one attached hydrogen (secondary N) is 2. The minimum absolute atomic E-state index is 0.0201. The number of fused-ring (bicyclic) bond motifs is 1. The van der Waals surface area contributed by atoms with Gasteiger partial charge in [-0.25, -0.2) is 0 Å². The highest BCUT2D eigenvalue weighted by atomic mass is 16.5. The minimum atomic E-state index is -0.567. The number of ether oxygens (including phenoxy) is 1. The van der Waals surface area contributed by atoms with Gasteiger partial charge in [0.25, 0.3) is 5.91 Å². The Kier molecular flexibility index (Phi) is 6.79. The van der Waals surface area contributed by atoms with Crippen LogP contribution in [0, 0.1) is 0 Å². The second kappa shape index (κ2) is 9.75. The molecule has 1 spiro atoms. The SMILES string of the molecule is COCCN1C(=O)c2ccccc2C(C(=O)Nc2ccc(NC(C)=O)cc2)C12CCCCC2. The first-order valence-electron chi connectivity index (χ1n) is 11.5. The quantitative estimate of drug-likeness (QED) is 0.693. The van der Waals surface area contributed by atoms with Crippen LogP contribution in [0.1, 0.15) is 60.9 Å². The zero-order valence-corrected chi connectivity index (χ0v) is 19.2. The molecule has 1 unspecified atom stereocenters. The Morgan fingerprint density at radius 2 is 1.64 bits per heavy atom. The van der Waals surface area contributed by atoms with E-state index in [4.69, 9.17) is 4.74 Å². The van der Waals surface area contributed by atoms with E-state index in [-0.39, 0.29) is 17.7 Å². The second-order valence-corrected chi connectivity index (χ2v) is 8.88. The van der Waals surface area contributed by atoms with Gasteiger partial charge in [-0.2, -0.15) is 0 Å². The van der Waals surface area contributed by atoms with E-state index in [1.54, 1.807) is 31.4 Å². The number of amides is 3. The fourth-order valence-corrected chi connectivity index (χ4v) is 5.41. The van der Waals surface area contributed by atoms with Gasteiger partial charge in [-0.15, -0.1) is 0 Å². The van der Waals surface area contributed by atoms with Gasteiger partial charge in [-0.1, -0.05) is 37.5 Å². The lowest BCUT2D eigenvalue weighted by Gasteiger charge is -2.53. The van der Waals surface area contributed by atoms with Crippen LogP contribution < -0.4 is 10.6 Å². The summed E-state index contributed by atoms with van der Waals surface area (Å²) >= 11 is 0. The molecule has 1 atom stereocenters. The largest absolute Gasteiger partial charge is 0.383 e. The van der Waals surface area contributed by atoms with Crippen molar-refractivity contribution in [1.82, 2.24) is 4.90 Å². The maximum Gasteiger partial charge on any atom is 0.254 e. The molecule has 2 aromatic rings. The summed E-state index contributed by atoms with van der Waals surface area (Å²) in [6, 6.07) is 14.6. The van der Waals surface area contributed by atoms with Gasteiger partial charge in [0.1, 0.15) is 0 Å². The Hall–Kier alpha value is -3.19. The monoisotopic (exact) mass is 449 g/mol. The lowest BCUT2D eigenvalue weighted by atomic mass is 9.65. The zero-order valence-electron chi connectivity index (χ0n) is 19.2. The van der Waals surface area contributed by atoms with Crippen molar-refractivity contribution in [3.63, 3.8) is 0 Å². The summed E-state index contributed by atoms with van der Waals surface area (Å²) in [7, 11) is 1.63. The molecule has 174 valence electrons. The normalized spacial score (nSPS) is 19.2. The van der Waals surface area contributed by atoms with Crippen molar-refractivity contribution >= 4 is 29.1 Å². The van der Waals surface area contributed by atoms with E-state index in [2.05, 4.69) is 10.6 Å². The fourth-order valence-electron chi connectivity index (χ4n) is 5.41. The summed E-state index contributed by atoms with van der Waals surface area (Å²) in [6.45, 7) is 2.34. The summed E-state index contributed by atoms with van der Waals surface area (Å²) < 4.78 is 5.32. The summed E-state index contributed by atoms with van der Waals surface area (Å²) in [5, 5.41) is 5.81. The molecule has 0 radical (unpaired) electrons. The van der Waals surface area contributed by atoms with Crippen molar-refractivity contribution in [3.8, 4) is 0 Å². The number of carbonyl (C=O) groups excluding carboxylic acids is 3. The highest BCUT2D eigenvalue weighted by Crippen LogP contribution is 2.49. The molecule has 3 amide bonds. The van der Waals surface area contributed by atoms with Crippen LogP contribution in [0.2, 0.25) is 0 Å². The third-order valence-electron chi connectivity index (χ3n) is 6.80. The van der Waals surface area contributed by atoms with Gasteiger partial charge in [-0.3, -0.25) is 14.4 Å². The molecule has 7 nitrogen and oxygen atoms in total. The molecule has 7 heteroatoms. The fraction of sp³-hybridized carbons (Fsp3) is 0.423. The van der Waals surface area contributed by atoms with E-state index < -0.39 is 11.5 Å². The molecular formula is C26H31N3O4. The van der Waals surface area contributed by atoms with Crippen LogP contribution in [0.4, 0.5) is 11.4 Å². The molecule has 1 saturated carbocycles. The number of methoxy groups -OCH3 is 1. The predicted molar refractivity (Wildman–Crippen MR) is 127 cm³/mol. The van der Waals surface area contributed by atoms with Gasteiger partial charge in [0.15, 0.2) is 0 Å². The molecule has 1 fully saturated rings. The van der Waals surface area contributed by atoms with E-state index in [1.165, 1.54) is 6.92 Å². The lowest BCUT2D eigenvalue weighted by molar-refractivity contribution is -0.122. The number of hydrogen-bond acceptors (Lipinski definition) is 4. The topological polar surface area (TPSA) is 87.7 Å². The number of anilines is 2. The second-order valence-electron chi connectivity index (χ2n) is 8.88. The van der Waals surface area contributed by atoms with Crippen molar-refractivity contribution in [2.45, 2.75) is 50.5 Å². The summed E-state index contributed by atoms with van der Waals surface area (Å²) in [5.74, 6) is -0.760. The van der Waals surface area contributed by atoms with Crippen LogP contribution in [0.15, 0.2) is 48.5 Å². The first kappa shape index (κ1) is 23.0. The van der Waals surface area contributed by atoms with Gasteiger partial charge in [0, 0.05) is 37.5 Å². The van der Waals surface area contributed by atoms with E-state index in [0.717, 1.165) is 37.7 Å². The van der Waals surface area contributed by atoms with Crippen molar-refractivity contribution < 1.29 is 19.1 Å². The maximum absolute atomic E-state index is 13.8. The molecule has 0 saturated heterocycles. The maximum atomic E-state index is 13.8. The Balaban J connectivity index is 1.71. The number of benzene rings is 2. The molecule has 33 heavy (non-hydrogen) atoms. The molecule has 2 aromatic carbocycles. The number of hydrogen-bond donors (Lipinski definition) is 2. The van der Waals surface area contributed by atoms with Crippen LogP contribution in [-0.2, 0) is 14.3 Å². The standard InChI is InChI=1S/C26H31N3O4/c1-18(30)27-19-10-12-20(13-11-19)28-24(31)23-21-8-4-5-9-22(21)25(32)29(16-17-33-2)26(23)14-6-3-7-15-26/h4-5,8-13,23H,3,6-7,14-17H2,1-2H3,(H,27,30)(H,28,31). The molecule has 1 aliphatic heterocycles. The molecule has 0 bridgehead atoms. The Bertz CT molecular complexity index is 1030. The van der Waals surface area contributed by atoms with Crippen LogP contribution in [0.3, 0.4) is 0 Å². The highest BCUT2D eigenvalue weighted by molar-refractivity contribution is 6.05. The Labute approximate surface area is 194 Å². The molecule has 1 heterocycles. The van der Waals surface area contributed by atoms with Crippen molar-refractivity contribution in [2.24, 2.45) is 0 Å². The average Bonchev–Trinajstić information content (AvgIpc) is 2.81. The van der Waals surface area contributed by atoms with Gasteiger partial charge in [0.2, 0.25) is 11.8 Å². The number of rotatable bonds is 6. The zero-order chi connectivity index (χ0) is 23.4. The highest BCUT2D eigenvalue weighted by Gasteiger charge is 2.54. The van der Waals surface area contributed by atoms with E-state index >= 15 is 0 Å². The summed E-state index contributed by atoms with van der Waals surface area (Å²) in [5.41, 5.74) is 2.14. The van der Waals surface area contributed by atoms with Crippen LogP contribution in [-0.4, -0.2) is 48.4 Å². The number of carbonyl (C=O) groups is 3. The lowest BCUT2D eigenvalue weighted by Crippen LogP contribution is -2.62. The molecule has 2 aliphatic rings. The van der Waals surface area contributed by atoms with Crippen molar-refractivity contribution in [3.05, 3.63) is 59.7 Å². The van der Waals surface area contributed by atoms with Gasteiger partial charge in [-0.05, 0) is 48.7 Å². The average molecular weight is 450 g/mol. The molecule has 2 N–H and O–H groups in total. The Morgan fingerprint density at radius 3 is 2.27 bits per heavy atom. The number of nitrogens with zero attached hydrogens (tertiary/aromatic N) is 1. The van der Waals surface area contributed by atoms with Crippen LogP contribution in [0.5, 0.6) is 0 Å². The molecular weight excluding hydrogens is 418 g/mol. The first-order chi connectivity index (χ1) is 16.0. The van der Waals surface area contributed by atoms with E-state index in [9.17, 15) is 14.4 Å². The predicted octanol–water partition coefficient (Wildman–Crippen LogP) is 4.17. The van der Waals surface area contributed by atoms with Crippen molar-refractivity contribution in [1.29, 1.82) is 0 Å². The van der Waals surface area contributed by atoms with Gasteiger partial charge in [0.05, 0.1) is 18.1 Å². The van der Waals surface area contributed by atoms with Crippen LogP contribution >= 0.6 is 0 Å². The summed E-state index contributed by atoms with van der Waals surface area (Å²) in [4.78, 5) is 40.6. The molecule has 0 aromatic heterocycles. The Morgan fingerprint density at radius 1 is 1.00 bits per heavy atom.